The molecule has 0 N–H and O–H groups in total. The van der Waals surface area contributed by atoms with Gasteiger partial charge >= 0.3 is 5.63 Å². The van der Waals surface area contributed by atoms with Crippen molar-refractivity contribution in [3.8, 4) is 5.69 Å². The van der Waals surface area contributed by atoms with Gasteiger partial charge in [-0.3, -0.25) is 0 Å². The van der Waals surface area contributed by atoms with Crippen LogP contribution in [0.5, 0.6) is 0 Å². The smallest absolute Gasteiger partial charge is 0.344 e. The van der Waals surface area contributed by atoms with E-state index in [2.05, 4.69) is 47.0 Å². The maximum Gasteiger partial charge on any atom is 0.344 e. The first-order valence-electron chi connectivity index (χ1n) is 11.6. The second-order valence-electron chi connectivity index (χ2n) is 8.90. The van der Waals surface area contributed by atoms with Crippen molar-refractivity contribution in [2.45, 2.75) is 0 Å². The van der Waals surface area contributed by atoms with Crippen molar-refractivity contribution < 1.29 is 8.83 Å². The van der Waals surface area contributed by atoms with Gasteiger partial charge in [-0.25, -0.2) is 4.79 Å². The molecule has 0 aliphatic heterocycles. The summed E-state index contributed by atoms with van der Waals surface area (Å²) < 4.78 is 14.3. The van der Waals surface area contributed by atoms with Crippen molar-refractivity contribution >= 4 is 65.5 Å². The van der Waals surface area contributed by atoms with E-state index < -0.39 is 0 Å². The molecule has 0 spiro atoms. The molecule has 0 aliphatic carbocycles. The molecule has 0 radical (unpaired) electrons. The largest absolute Gasteiger partial charge is 0.456 e. The van der Waals surface area contributed by atoms with Gasteiger partial charge in [0.25, 0.3) is 0 Å². The molecular formula is C31H17NO3. The topological polar surface area (TPSA) is 48.3 Å². The Morgan fingerprint density at radius 1 is 0.514 bits per heavy atom. The number of para-hydroxylation sites is 2. The zero-order valence-electron chi connectivity index (χ0n) is 18.5. The Bertz CT molecular complexity index is 2190. The molecule has 0 amide bonds. The first-order valence-corrected chi connectivity index (χ1v) is 11.6. The highest BCUT2D eigenvalue weighted by Crippen LogP contribution is 2.39. The van der Waals surface area contributed by atoms with Crippen LogP contribution in [0, 0.1) is 0 Å². The molecular weight excluding hydrogens is 434 g/mol. The van der Waals surface area contributed by atoms with Gasteiger partial charge in [-0.1, -0.05) is 54.6 Å². The molecule has 0 unspecified atom stereocenters. The summed E-state index contributed by atoms with van der Waals surface area (Å²) in [5, 5.41) is 6.59. The molecule has 0 atom stereocenters. The highest BCUT2D eigenvalue weighted by Gasteiger charge is 2.19. The van der Waals surface area contributed by atoms with Crippen LogP contribution >= 0.6 is 0 Å². The molecule has 4 heteroatoms. The van der Waals surface area contributed by atoms with Crippen molar-refractivity contribution in [3.05, 3.63) is 114 Å². The summed E-state index contributed by atoms with van der Waals surface area (Å²) in [5.74, 6) is 0. The lowest BCUT2D eigenvalue weighted by Crippen LogP contribution is -1.99. The summed E-state index contributed by atoms with van der Waals surface area (Å²) in [6.07, 6.45) is 0. The van der Waals surface area contributed by atoms with Crippen LogP contribution < -0.4 is 5.63 Å². The zero-order valence-corrected chi connectivity index (χ0v) is 18.5. The molecule has 0 fully saturated rings. The number of fused-ring (bicyclic) bond motifs is 10. The van der Waals surface area contributed by atoms with E-state index in [-0.39, 0.29) is 5.63 Å². The van der Waals surface area contributed by atoms with Gasteiger partial charge in [-0.15, -0.1) is 0 Å². The van der Waals surface area contributed by atoms with Crippen LogP contribution in [0.15, 0.2) is 117 Å². The van der Waals surface area contributed by atoms with Crippen molar-refractivity contribution in [2.24, 2.45) is 0 Å². The van der Waals surface area contributed by atoms with Crippen LogP contribution in [-0.4, -0.2) is 4.57 Å². The van der Waals surface area contributed by atoms with Gasteiger partial charge < -0.3 is 13.4 Å². The third kappa shape index (κ3) is 2.43. The van der Waals surface area contributed by atoms with Gasteiger partial charge in [-0.2, -0.15) is 0 Å². The quantitative estimate of drug-likeness (QED) is 0.188. The van der Waals surface area contributed by atoms with Crippen molar-refractivity contribution in [3.63, 3.8) is 0 Å². The van der Waals surface area contributed by atoms with Crippen LogP contribution in [-0.2, 0) is 0 Å². The minimum absolute atomic E-state index is 0.316. The molecule has 0 bridgehead atoms. The maximum absolute atomic E-state index is 12.9. The van der Waals surface area contributed by atoms with E-state index in [1.54, 1.807) is 0 Å². The van der Waals surface area contributed by atoms with E-state index in [0.29, 0.717) is 11.0 Å². The van der Waals surface area contributed by atoms with Crippen LogP contribution in [0.4, 0.5) is 0 Å². The van der Waals surface area contributed by atoms with E-state index in [1.807, 2.05) is 60.7 Å². The summed E-state index contributed by atoms with van der Waals surface area (Å²) in [5.41, 5.74) is 5.11. The van der Waals surface area contributed by atoms with Gasteiger partial charge in [-0.05, 0) is 53.9 Å². The Hall–Kier alpha value is -4.83. The molecule has 3 aromatic heterocycles. The summed E-state index contributed by atoms with van der Waals surface area (Å²) in [4.78, 5) is 12.9. The van der Waals surface area contributed by atoms with Crippen LogP contribution in [0.2, 0.25) is 0 Å². The Labute approximate surface area is 198 Å². The lowest BCUT2D eigenvalue weighted by atomic mass is 10.0. The molecule has 35 heavy (non-hydrogen) atoms. The number of hydrogen-bond acceptors (Lipinski definition) is 3. The van der Waals surface area contributed by atoms with Gasteiger partial charge in [0.1, 0.15) is 16.7 Å². The van der Waals surface area contributed by atoms with Gasteiger partial charge in [0.05, 0.1) is 21.8 Å². The average Bonchev–Trinajstić information content (AvgIpc) is 3.44. The standard InChI is InChI=1S/C31H17NO3/c33-31-22-9-2-1-7-19(22)21-14-15-26-29(30(21)35-31)23-10-3-5-11-25(23)32(26)18-13-16-28-24(17-18)20-8-4-6-12-27(20)34-28/h1-17H. The number of furan rings is 1. The molecule has 4 nitrogen and oxygen atoms in total. The number of hydrogen-bond donors (Lipinski definition) is 0. The number of nitrogens with zero attached hydrogens (tertiary/aromatic N) is 1. The third-order valence-electron chi connectivity index (χ3n) is 7.04. The highest BCUT2D eigenvalue weighted by atomic mass is 16.4. The number of benzene rings is 5. The third-order valence-corrected chi connectivity index (χ3v) is 7.04. The zero-order chi connectivity index (χ0) is 23.1. The lowest BCUT2D eigenvalue weighted by Gasteiger charge is -2.09. The minimum atomic E-state index is -0.316. The minimum Gasteiger partial charge on any atom is -0.456 e. The van der Waals surface area contributed by atoms with Crippen molar-refractivity contribution in [1.29, 1.82) is 0 Å². The predicted octanol–water partition coefficient (Wildman–Crippen LogP) is 7.94. The van der Waals surface area contributed by atoms with E-state index in [9.17, 15) is 4.79 Å². The second kappa shape index (κ2) is 6.61. The first-order chi connectivity index (χ1) is 17.3. The summed E-state index contributed by atoms with van der Waals surface area (Å²) in [7, 11) is 0. The Morgan fingerprint density at radius 3 is 2.11 bits per heavy atom. The molecule has 0 saturated carbocycles. The Balaban J connectivity index is 1.54. The molecule has 0 saturated heterocycles. The SMILES string of the molecule is O=c1oc2c(ccc3c2c2ccccc2n3-c2ccc3oc4ccccc4c3c2)c2ccccc12. The van der Waals surface area contributed by atoms with Crippen molar-refractivity contribution in [2.75, 3.05) is 0 Å². The molecule has 5 aromatic carbocycles. The fourth-order valence-electron chi connectivity index (χ4n) is 5.52. The molecule has 164 valence electrons. The molecule has 3 heterocycles. The van der Waals surface area contributed by atoms with E-state index in [1.165, 1.54) is 0 Å². The summed E-state index contributed by atoms with van der Waals surface area (Å²) >= 11 is 0. The predicted molar refractivity (Wildman–Crippen MR) is 142 cm³/mol. The highest BCUT2D eigenvalue weighted by molar-refractivity contribution is 6.23. The Morgan fingerprint density at radius 2 is 1.23 bits per heavy atom. The van der Waals surface area contributed by atoms with Gasteiger partial charge in [0, 0.05) is 27.2 Å². The van der Waals surface area contributed by atoms with E-state index in [4.69, 9.17) is 8.83 Å². The number of aromatic nitrogens is 1. The van der Waals surface area contributed by atoms with Crippen LogP contribution in [0.1, 0.15) is 0 Å². The Kier molecular flexibility index (Phi) is 3.51. The van der Waals surface area contributed by atoms with E-state index in [0.717, 1.165) is 60.2 Å². The second-order valence-corrected chi connectivity index (χ2v) is 8.90. The monoisotopic (exact) mass is 451 g/mol. The summed E-state index contributed by atoms with van der Waals surface area (Å²) in [6.45, 7) is 0. The molecule has 8 aromatic rings. The van der Waals surface area contributed by atoms with E-state index >= 15 is 0 Å². The van der Waals surface area contributed by atoms with Gasteiger partial charge in [0.15, 0.2) is 0 Å². The molecule has 0 aliphatic rings. The van der Waals surface area contributed by atoms with Crippen molar-refractivity contribution in [1.82, 2.24) is 4.57 Å². The van der Waals surface area contributed by atoms with Gasteiger partial charge in [0.2, 0.25) is 0 Å². The lowest BCUT2D eigenvalue weighted by molar-refractivity contribution is 0.573. The summed E-state index contributed by atoms with van der Waals surface area (Å²) in [6, 6.07) is 34.5. The molecule has 8 rings (SSSR count). The fourth-order valence-corrected chi connectivity index (χ4v) is 5.52. The van der Waals surface area contributed by atoms with Crippen LogP contribution in [0.3, 0.4) is 0 Å². The average molecular weight is 451 g/mol. The normalized spacial score (nSPS) is 12.1. The maximum atomic E-state index is 12.9. The number of rotatable bonds is 1. The fraction of sp³-hybridized carbons (Fsp3) is 0. The first kappa shape index (κ1) is 18.6. The van der Waals surface area contributed by atoms with Crippen LogP contribution in [0.25, 0.3) is 71.2 Å².